The maximum Gasteiger partial charge on any atom is 0.251 e. The van der Waals surface area contributed by atoms with Gasteiger partial charge in [-0.3, -0.25) is 4.79 Å². The standard InChI is InChI=1S/C19H19Cl2N5O/c1-4-19(2,3)23-18(27)14-7-13(12-5-6-16(20)17(21)10-12)8-15(9-14)26-11-22-24-25-26/h5-11H,4H2,1-3H3,(H,23,27). The molecule has 0 fully saturated rings. The van der Waals surface area contributed by atoms with Crippen molar-refractivity contribution in [2.45, 2.75) is 32.7 Å². The van der Waals surface area contributed by atoms with Gasteiger partial charge in [0.25, 0.3) is 5.91 Å². The summed E-state index contributed by atoms with van der Waals surface area (Å²) in [6.07, 6.45) is 2.29. The molecular formula is C19H19Cl2N5O. The molecule has 0 saturated heterocycles. The van der Waals surface area contributed by atoms with Crippen LogP contribution in [0, 0.1) is 0 Å². The highest BCUT2D eigenvalue weighted by Gasteiger charge is 2.20. The first-order valence-corrected chi connectivity index (χ1v) is 9.21. The Morgan fingerprint density at radius 3 is 2.52 bits per heavy atom. The molecule has 0 aliphatic rings. The molecule has 0 spiro atoms. The molecule has 0 radical (unpaired) electrons. The van der Waals surface area contributed by atoms with Gasteiger partial charge < -0.3 is 5.32 Å². The second-order valence-electron chi connectivity index (χ2n) is 6.84. The first-order valence-electron chi connectivity index (χ1n) is 8.45. The molecule has 3 rings (SSSR count). The van der Waals surface area contributed by atoms with Crippen LogP contribution in [0.2, 0.25) is 10.0 Å². The van der Waals surface area contributed by atoms with Crippen molar-refractivity contribution in [2.75, 3.05) is 0 Å². The molecule has 27 heavy (non-hydrogen) atoms. The third-order valence-corrected chi connectivity index (χ3v) is 5.12. The van der Waals surface area contributed by atoms with Crippen LogP contribution in [0.5, 0.6) is 0 Å². The number of carbonyl (C=O) groups is 1. The number of carbonyl (C=O) groups excluding carboxylic acids is 1. The zero-order valence-corrected chi connectivity index (χ0v) is 16.7. The fourth-order valence-corrected chi connectivity index (χ4v) is 2.76. The summed E-state index contributed by atoms with van der Waals surface area (Å²) in [4.78, 5) is 12.8. The maximum absolute atomic E-state index is 12.8. The number of halogens is 2. The van der Waals surface area contributed by atoms with Crippen LogP contribution in [0.1, 0.15) is 37.6 Å². The minimum Gasteiger partial charge on any atom is -0.347 e. The van der Waals surface area contributed by atoms with E-state index in [1.165, 1.54) is 11.0 Å². The number of amides is 1. The summed E-state index contributed by atoms with van der Waals surface area (Å²) in [5, 5.41) is 15.2. The van der Waals surface area contributed by atoms with E-state index in [9.17, 15) is 4.79 Å². The van der Waals surface area contributed by atoms with Crippen LogP contribution in [0.25, 0.3) is 16.8 Å². The topological polar surface area (TPSA) is 72.7 Å². The summed E-state index contributed by atoms with van der Waals surface area (Å²) in [5.41, 5.74) is 2.50. The van der Waals surface area contributed by atoms with Crippen molar-refractivity contribution < 1.29 is 4.79 Å². The van der Waals surface area contributed by atoms with Crippen LogP contribution >= 0.6 is 23.2 Å². The minimum absolute atomic E-state index is 0.168. The Kier molecular flexibility index (Phi) is 5.48. The van der Waals surface area contributed by atoms with E-state index in [1.54, 1.807) is 18.2 Å². The lowest BCUT2D eigenvalue weighted by atomic mass is 9.99. The van der Waals surface area contributed by atoms with E-state index in [1.807, 2.05) is 39.0 Å². The van der Waals surface area contributed by atoms with Gasteiger partial charge >= 0.3 is 0 Å². The molecule has 0 aliphatic carbocycles. The SMILES string of the molecule is CCC(C)(C)NC(=O)c1cc(-c2ccc(Cl)c(Cl)c2)cc(-n2cnnn2)c1. The molecule has 0 unspecified atom stereocenters. The molecule has 1 aromatic heterocycles. The van der Waals surface area contributed by atoms with Gasteiger partial charge in [-0.25, -0.2) is 4.68 Å². The molecule has 0 saturated carbocycles. The predicted molar refractivity (Wildman–Crippen MR) is 106 cm³/mol. The lowest BCUT2D eigenvalue weighted by molar-refractivity contribution is 0.0911. The normalized spacial score (nSPS) is 11.4. The van der Waals surface area contributed by atoms with Gasteiger partial charge in [0.1, 0.15) is 6.33 Å². The van der Waals surface area contributed by atoms with Crippen LogP contribution in [0.4, 0.5) is 0 Å². The van der Waals surface area contributed by atoms with Crippen molar-refractivity contribution in [2.24, 2.45) is 0 Å². The quantitative estimate of drug-likeness (QED) is 0.677. The van der Waals surface area contributed by atoms with Crippen LogP contribution in [0.3, 0.4) is 0 Å². The Balaban J connectivity index is 2.09. The summed E-state index contributed by atoms with van der Waals surface area (Å²) < 4.78 is 1.50. The minimum atomic E-state index is -0.314. The lowest BCUT2D eigenvalue weighted by Gasteiger charge is -2.24. The molecule has 8 heteroatoms. The van der Waals surface area contributed by atoms with Crippen LogP contribution in [-0.4, -0.2) is 31.7 Å². The summed E-state index contributed by atoms with van der Waals surface area (Å²) in [6.45, 7) is 5.99. The van der Waals surface area contributed by atoms with Gasteiger partial charge in [0, 0.05) is 11.1 Å². The number of nitrogens with zero attached hydrogens (tertiary/aromatic N) is 4. The van der Waals surface area contributed by atoms with E-state index in [2.05, 4.69) is 20.8 Å². The summed E-state index contributed by atoms with van der Waals surface area (Å²) >= 11 is 12.2. The van der Waals surface area contributed by atoms with Crippen molar-refractivity contribution in [1.29, 1.82) is 0 Å². The van der Waals surface area contributed by atoms with Gasteiger partial charge in [0.2, 0.25) is 0 Å². The molecular weight excluding hydrogens is 385 g/mol. The Labute approximate surface area is 167 Å². The molecule has 1 N–H and O–H groups in total. The number of hydrogen-bond donors (Lipinski definition) is 1. The first-order chi connectivity index (χ1) is 12.8. The zero-order valence-electron chi connectivity index (χ0n) is 15.2. The first kappa shape index (κ1) is 19.3. The maximum atomic E-state index is 12.8. The van der Waals surface area contributed by atoms with Gasteiger partial charge in [-0.15, -0.1) is 5.10 Å². The second-order valence-corrected chi connectivity index (χ2v) is 7.66. The number of benzene rings is 2. The van der Waals surface area contributed by atoms with Gasteiger partial charge in [-0.1, -0.05) is 36.2 Å². The van der Waals surface area contributed by atoms with E-state index in [-0.39, 0.29) is 11.4 Å². The van der Waals surface area contributed by atoms with E-state index < -0.39 is 0 Å². The third-order valence-electron chi connectivity index (χ3n) is 4.38. The second kappa shape index (κ2) is 7.66. The Hall–Kier alpha value is -2.44. The number of tetrazole rings is 1. The monoisotopic (exact) mass is 403 g/mol. The van der Waals surface area contributed by atoms with E-state index >= 15 is 0 Å². The highest BCUT2D eigenvalue weighted by atomic mass is 35.5. The van der Waals surface area contributed by atoms with Crippen molar-refractivity contribution in [1.82, 2.24) is 25.5 Å². The molecule has 2 aromatic carbocycles. The van der Waals surface area contributed by atoms with E-state index in [4.69, 9.17) is 23.2 Å². The summed E-state index contributed by atoms with van der Waals surface area (Å²) in [5.74, 6) is -0.168. The highest BCUT2D eigenvalue weighted by Crippen LogP contribution is 2.30. The molecule has 6 nitrogen and oxygen atoms in total. The Bertz CT molecular complexity index is 970. The Morgan fingerprint density at radius 1 is 1.11 bits per heavy atom. The van der Waals surface area contributed by atoms with Gasteiger partial charge in [-0.05, 0) is 72.2 Å². The number of aromatic nitrogens is 4. The van der Waals surface area contributed by atoms with Crippen molar-refractivity contribution in [3.63, 3.8) is 0 Å². The molecule has 0 aliphatic heterocycles. The van der Waals surface area contributed by atoms with Crippen LogP contribution < -0.4 is 5.32 Å². The number of nitrogens with one attached hydrogen (secondary N) is 1. The molecule has 0 atom stereocenters. The van der Waals surface area contributed by atoms with Crippen molar-refractivity contribution in [3.05, 3.63) is 58.3 Å². The Morgan fingerprint density at radius 2 is 1.89 bits per heavy atom. The lowest BCUT2D eigenvalue weighted by Crippen LogP contribution is -2.42. The van der Waals surface area contributed by atoms with Gasteiger partial charge in [-0.2, -0.15) is 0 Å². The van der Waals surface area contributed by atoms with Gasteiger partial charge in [0.05, 0.1) is 15.7 Å². The zero-order chi connectivity index (χ0) is 19.6. The number of rotatable bonds is 5. The van der Waals surface area contributed by atoms with E-state index in [0.717, 1.165) is 17.5 Å². The third kappa shape index (κ3) is 4.46. The van der Waals surface area contributed by atoms with E-state index in [0.29, 0.717) is 21.3 Å². The van der Waals surface area contributed by atoms with Crippen LogP contribution in [0.15, 0.2) is 42.7 Å². The van der Waals surface area contributed by atoms with Crippen molar-refractivity contribution in [3.8, 4) is 16.8 Å². The summed E-state index contributed by atoms with van der Waals surface area (Å²) in [7, 11) is 0. The average molecular weight is 404 g/mol. The van der Waals surface area contributed by atoms with Crippen molar-refractivity contribution >= 4 is 29.1 Å². The number of hydrogen-bond acceptors (Lipinski definition) is 4. The smallest absolute Gasteiger partial charge is 0.251 e. The molecule has 1 heterocycles. The predicted octanol–water partition coefficient (Wildman–Crippen LogP) is 4.55. The molecule has 0 bridgehead atoms. The van der Waals surface area contributed by atoms with Crippen LogP contribution in [-0.2, 0) is 0 Å². The summed E-state index contributed by atoms with van der Waals surface area (Å²) in [6, 6.07) is 10.8. The highest BCUT2D eigenvalue weighted by molar-refractivity contribution is 6.42. The average Bonchev–Trinajstić information content (AvgIpc) is 3.18. The largest absolute Gasteiger partial charge is 0.347 e. The molecule has 140 valence electrons. The fraction of sp³-hybridized carbons (Fsp3) is 0.263. The van der Waals surface area contributed by atoms with Gasteiger partial charge in [0.15, 0.2) is 0 Å². The fourth-order valence-electron chi connectivity index (χ4n) is 2.46. The molecule has 1 amide bonds. The molecule has 3 aromatic rings.